The van der Waals surface area contributed by atoms with Crippen molar-refractivity contribution in [1.82, 2.24) is 14.8 Å². The molecular weight excluding hydrogens is 472 g/mol. The first-order valence-corrected chi connectivity index (χ1v) is 12.7. The van der Waals surface area contributed by atoms with Gasteiger partial charge in [0.25, 0.3) is 0 Å². The van der Waals surface area contributed by atoms with Gasteiger partial charge in [0.2, 0.25) is 11.0 Å². The van der Waals surface area contributed by atoms with Crippen LogP contribution in [0.2, 0.25) is 0 Å². The second kappa shape index (κ2) is 10.9. The van der Waals surface area contributed by atoms with E-state index >= 15 is 0 Å². The standard InChI is InChI=1S/C23H26N6O3S2/c1-14-15(2)29(12-16-7-6-10-32-16)21(17(14)11-24)26-20(30)13-33-23-28-27-22(34-23)25-18-8-4-5-9-19(18)31-3/h4-5,8-9,16H,6-7,10,12-13H2,1-3H3,(H,25,27)(H,26,30). The number of nitrogens with zero attached hydrogens (tertiary/aromatic N) is 4. The maximum atomic E-state index is 12.8. The van der Waals surface area contributed by atoms with Crippen LogP contribution in [0.25, 0.3) is 0 Å². The van der Waals surface area contributed by atoms with Gasteiger partial charge in [0.05, 0.1) is 36.8 Å². The van der Waals surface area contributed by atoms with Crippen LogP contribution in [0.5, 0.6) is 5.75 Å². The number of carbonyl (C=O) groups excluding carboxylic acids is 1. The van der Waals surface area contributed by atoms with E-state index in [-0.39, 0.29) is 17.8 Å². The van der Waals surface area contributed by atoms with Gasteiger partial charge in [-0.05, 0) is 44.4 Å². The van der Waals surface area contributed by atoms with E-state index in [1.807, 2.05) is 42.7 Å². The minimum atomic E-state index is -0.206. The zero-order valence-corrected chi connectivity index (χ0v) is 20.9. The molecule has 0 aliphatic carbocycles. The van der Waals surface area contributed by atoms with Gasteiger partial charge >= 0.3 is 0 Å². The van der Waals surface area contributed by atoms with Crippen LogP contribution in [0.4, 0.5) is 16.6 Å². The fourth-order valence-corrected chi connectivity index (χ4v) is 5.39. The SMILES string of the molecule is COc1ccccc1Nc1nnc(SCC(=O)Nc2c(C#N)c(C)c(C)n2CC2CCCO2)s1. The lowest BCUT2D eigenvalue weighted by Crippen LogP contribution is -2.22. The van der Waals surface area contributed by atoms with Crippen LogP contribution in [-0.2, 0) is 16.1 Å². The number of nitriles is 1. The second-order valence-electron chi connectivity index (χ2n) is 7.83. The van der Waals surface area contributed by atoms with Crippen LogP contribution < -0.4 is 15.4 Å². The van der Waals surface area contributed by atoms with E-state index < -0.39 is 0 Å². The Morgan fingerprint density at radius 3 is 2.94 bits per heavy atom. The Morgan fingerprint density at radius 1 is 1.38 bits per heavy atom. The molecule has 1 aliphatic rings. The van der Waals surface area contributed by atoms with Crippen molar-refractivity contribution in [2.75, 3.05) is 30.1 Å². The summed E-state index contributed by atoms with van der Waals surface area (Å²) in [6, 6.07) is 9.79. The lowest BCUT2D eigenvalue weighted by Gasteiger charge is -2.16. The number of rotatable bonds is 9. The Hall–Kier alpha value is -3.07. The fraction of sp³-hybridized carbons (Fsp3) is 0.391. The lowest BCUT2D eigenvalue weighted by molar-refractivity contribution is -0.113. The van der Waals surface area contributed by atoms with Gasteiger partial charge in [0, 0.05) is 12.3 Å². The monoisotopic (exact) mass is 498 g/mol. The van der Waals surface area contributed by atoms with Crippen molar-refractivity contribution in [3.05, 3.63) is 41.1 Å². The third-order valence-electron chi connectivity index (χ3n) is 5.69. The molecule has 1 amide bonds. The predicted molar refractivity (Wildman–Crippen MR) is 133 cm³/mol. The summed E-state index contributed by atoms with van der Waals surface area (Å²) in [6.45, 7) is 5.24. The van der Waals surface area contributed by atoms with E-state index in [1.165, 1.54) is 23.1 Å². The number of para-hydroxylation sites is 2. The van der Waals surface area contributed by atoms with Gasteiger partial charge < -0.3 is 24.7 Å². The zero-order chi connectivity index (χ0) is 24.1. The highest BCUT2D eigenvalue weighted by Crippen LogP contribution is 2.32. The van der Waals surface area contributed by atoms with Crippen LogP contribution in [0, 0.1) is 25.2 Å². The maximum Gasteiger partial charge on any atom is 0.235 e. The van der Waals surface area contributed by atoms with E-state index in [0.29, 0.717) is 33.1 Å². The van der Waals surface area contributed by atoms with Crippen molar-refractivity contribution in [2.24, 2.45) is 0 Å². The number of anilines is 3. The molecule has 1 saturated heterocycles. The molecule has 2 N–H and O–H groups in total. The van der Waals surface area contributed by atoms with Crippen molar-refractivity contribution in [3.8, 4) is 11.8 Å². The summed E-state index contributed by atoms with van der Waals surface area (Å²) in [6.07, 6.45) is 2.10. The Balaban J connectivity index is 1.40. The number of methoxy groups -OCH3 is 1. The smallest absolute Gasteiger partial charge is 0.235 e. The molecule has 178 valence electrons. The first-order valence-electron chi connectivity index (χ1n) is 10.9. The van der Waals surface area contributed by atoms with E-state index in [2.05, 4.69) is 26.9 Å². The van der Waals surface area contributed by atoms with Crippen LogP contribution in [0.3, 0.4) is 0 Å². The highest BCUT2D eigenvalue weighted by atomic mass is 32.2. The number of thioether (sulfide) groups is 1. The van der Waals surface area contributed by atoms with Gasteiger partial charge in [-0.15, -0.1) is 10.2 Å². The van der Waals surface area contributed by atoms with E-state index in [1.54, 1.807) is 7.11 Å². The Bertz CT molecular complexity index is 1210. The molecule has 0 bridgehead atoms. The molecule has 34 heavy (non-hydrogen) atoms. The van der Waals surface area contributed by atoms with Gasteiger partial charge in [-0.3, -0.25) is 4.79 Å². The molecule has 4 rings (SSSR count). The van der Waals surface area contributed by atoms with Crippen LogP contribution in [-0.4, -0.2) is 46.2 Å². The third-order valence-corrected chi connectivity index (χ3v) is 7.66. The number of hydrogen-bond donors (Lipinski definition) is 2. The second-order valence-corrected chi connectivity index (χ2v) is 10.0. The van der Waals surface area contributed by atoms with Crippen LogP contribution in [0.15, 0.2) is 28.6 Å². The summed E-state index contributed by atoms with van der Waals surface area (Å²) in [5, 5.41) is 24.8. The molecule has 1 aromatic carbocycles. The van der Waals surface area contributed by atoms with E-state index in [4.69, 9.17) is 9.47 Å². The average Bonchev–Trinajstić information content (AvgIpc) is 3.57. The van der Waals surface area contributed by atoms with Gasteiger partial charge in [-0.1, -0.05) is 35.2 Å². The number of hydrogen-bond acceptors (Lipinski definition) is 9. The molecule has 0 spiro atoms. The maximum absolute atomic E-state index is 12.8. The Kier molecular flexibility index (Phi) is 7.72. The first-order chi connectivity index (χ1) is 16.5. The Labute approximate surface area is 206 Å². The van der Waals surface area contributed by atoms with Gasteiger partial charge in [0.1, 0.15) is 17.6 Å². The molecule has 9 nitrogen and oxygen atoms in total. The van der Waals surface area contributed by atoms with Crippen molar-refractivity contribution >= 4 is 45.6 Å². The van der Waals surface area contributed by atoms with E-state index in [0.717, 1.165) is 36.4 Å². The summed E-state index contributed by atoms with van der Waals surface area (Å²) in [4.78, 5) is 12.8. The summed E-state index contributed by atoms with van der Waals surface area (Å²) in [5.41, 5.74) is 3.12. The van der Waals surface area contributed by atoms with Crippen molar-refractivity contribution in [2.45, 2.75) is 43.7 Å². The van der Waals surface area contributed by atoms with Gasteiger partial charge in [0.15, 0.2) is 4.34 Å². The average molecular weight is 499 g/mol. The molecule has 3 heterocycles. The van der Waals surface area contributed by atoms with E-state index in [9.17, 15) is 10.1 Å². The van der Waals surface area contributed by atoms with Crippen molar-refractivity contribution in [3.63, 3.8) is 0 Å². The topological polar surface area (TPSA) is 114 Å². The molecule has 3 aromatic rings. The van der Waals surface area contributed by atoms with Crippen LogP contribution >= 0.6 is 23.1 Å². The van der Waals surface area contributed by atoms with Gasteiger partial charge in [-0.2, -0.15) is 5.26 Å². The minimum absolute atomic E-state index is 0.0950. The molecular formula is C23H26N6O3S2. The van der Waals surface area contributed by atoms with Crippen molar-refractivity contribution < 1.29 is 14.3 Å². The molecule has 1 fully saturated rings. The quantitative estimate of drug-likeness (QED) is 0.415. The highest BCUT2D eigenvalue weighted by Gasteiger charge is 2.24. The summed E-state index contributed by atoms with van der Waals surface area (Å²) >= 11 is 2.65. The lowest BCUT2D eigenvalue weighted by atomic mass is 10.2. The highest BCUT2D eigenvalue weighted by molar-refractivity contribution is 8.01. The first kappa shape index (κ1) is 24.1. The molecule has 0 saturated carbocycles. The minimum Gasteiger partial charge on any atom is -0.495 e. The fourth-order valence-electron chi connectivity index (χ4n) is 3.83. The largest absolute Gasteiger partial charge is 0.495 e. The summed E-state index contributed by atoms with van der Waals surface area (Å²) < 4.78 is 13.8. The Morgan fingerprint density at radius 2 is 2.21 bits per heavy atom. The molecule has 0 radical (unpaired) electrons. The number of benzene rings is 1. The third kappa shape index (κ3) is 5.35. The number of nitrogens with one attached hydrogen (secondary N) is 2. The number of aromatic nitrogens is 3. The zero-order valence-electron chi connectivity index (χ0n) is 19.3. The normalized spacial score (nSPS) is 15.2. The van der Waals surface area contributed by atoms with Crippen molar-refractivity contribution in [1.29, 1.82) is 5.26 Å². The summed E-state index contributed by atoms with van der Waals surface area (Å²) in [5.74, 6) is 1.18. The number of amides is 1. The van der Waals surface area contributed by atoms with Crippen LogP contribution in [0.1, 0.15) is 29.7 Å². The predicted octanol–water partition coefficient (Wildman–Crippen LogP) is 4.49. The molecule has 2 aromatic heterocycles. The molecule has 1 aliphatic heterocycles. The summed E-state index contributed by atoms with van der Waals surface area (Å²) in [7, 11) is 1.61. The number of ether oxygens (including phenoxy) is 2. The molecule has 1 atom stereocenters. The number of carbonyl (C=O) groups is 1. The van der Waals surface area contributed by atoms with Gasteiger partial charge in [-0.25, -0.2) is 0 Å². The molecule has 1 unspecified atom stereocenters. The molecule has 11 heteroatoms.